The Morgan fingerprint density at radius 3 is 3.00 bits per heavy atom. The molecule has 1 heterocycles. The molecular weight excluding hydrogens is 245 g/mol. The van der Waals surface area contributed by atoms with Gasteiger partial charge in [0.05, 0.1) is 10.9 Å². The van der Waals surface area contributed by atoms with Gasteiger partial charge in [-0.25, -0.2) is 9.37 Å². The lowest BCUT2D eigenvalue weighted by molar-refractivity contribution is 0.619. The van der Waals surface area contributed by atoms with E-state index < -0.39 is 5.82 Å². The first-order chi connectivity index (χ1) is 8.13. The molecule has 0 radical (unpaired) electrons. The lowest BCUT2D eigenvalue weighted by atomic mass is 10.2. The molecule has 0 unspecified atom stereocenters. The molecule has 0 spiro atoms. The summed E-state index contributed by atoms with van der Waals surface area (Å²) in [5, 5.41) is 3.36. The first-order valence-corrected chi connectivity index (χ1v) is 5.51. The minimum Gasteiger partial charge on any atom is -0.318 e. The average molecular weight is 256 g/mol. The van der Waals surface area contributed by atoms with E-state index in [9.17, 15) is 9.18 Å². The molecule has 90 valence electrons. The van der Waals surface area contributed by atoms with Crippen molar-refractivity contribution in [1.82, 2.24) is 14.9 Å². The van der Waals surface area contributed by atoms with E-state index in [2.05, 4.69) is 10.3 Å². The van der Waals surface area contributed by atoms with Crippen LogP contribution in [-0.2, 0) is 6.54 Å². The van der Waals surface area contributed by atoms with E-state index in [0.29, 0.717) is 18.5 Å². The van der Waals surface area contributed by atoms with E-state index in [-0.39, 0.29) is 16.4 Å². The molecule has 0 amide bonds. The summed E-state index contributed by atoms with van der Waals surface area (Å²) in [6, 6.07) is 3.86. The molecule has 0 aliphatic heterocycles. The molecule has 0 atom stereocenters. The van der Waals surface area contributed by atoms with Crippen LogP contribution in [0.2, 0.25) is 5.28 Å². The quantitative estimate of drug-likeness (QED) is 0.844. The van der Waals surface area contributed by atoms with Crippen LogP contribution in [-0.4, -0.2) is 23.1 Å². The smallest absolute Gasteiger partial charge is 0.262 e. The standard InChI is InChI=1S/C11H11ClFN3O/c1-14-4-5-16-10(17)8-3-2-7(13)6-9(8)15-11(16)12/h2-3,6,14H,4-5H2,1H3. The largest absolute Gasteiger partial charge is 0.318 e. The minimum atomic E-state index is -0.437. The predicted molar refractivity (Wildman–Crippen MR) is 64.9 cm³/mol. The second-order valence-electron chi connectivity index (χ2n) is 3.60. The van der Waals surface area contributed by atoms with Gasteiger partial charge in [0.2, 0.25) is 5.28 Å². The van der Waals surface area contributed by atoms with Gasteiger partial charge in [0, 0.05) is 19.2 Å². The molecule has 6 heteroatoms. The lowest BCUT2D eigenvalue weighted by Gasteiger charge is -2.08. The van der Waals surface area contributed by atoms with Crippen molar-refractivity contribution in [3.8, 4) is 0 Å². The van der Waals surface area contributed by atoms with Gasteiger partial charge in [0.15, 0.2) is 0 Å². The third kappa shape index (κ3) is 2.30. The van der Waals surface area contributed by atoms with Crippen molar-refractivity contribution in [3.05, 3.63) is 39.7 Å². The zero-order valence-electron chi connectivity index (χ0n) is 9.20. The van der Waals surface area contributed by atoms with Gasteiger partial charge in [-0.2, -0.15) is 0 Å². The highest BCUT2D eigenvalue weighted by Gasteiger charge is 2.09. The normalized spacial score (nSPS) is 11.0. The number of halogens is 2. The number of benzene rings is 1. The van der Waals surface area contributed by atoms with Crippen LogP contribution in [0, 0.1) is 5.82 Å². The number of hydrogen-bond acceptors (Lipinski definition) is 3. The Morgan fingerprint density at radius 2 is 2.29 bits per heavy atom. The molecule has 4 nitrogen and oxygen atoms in total. The van der Waals surface area contributed by atoms with E-state index in [4.69, 9.17) is 11.6 Å². The maximum atomic E-state index is 13.0. The van der Waals surface area contributed by atoms with Crippen molar-refractivity contribution in [2.45, 2.75) is 6.54 Å². The highest BCUT2D eigenvalue weighted by atomic mass is 35.5. The van der Waals surface area contributed by atoms with Crippen LogP contribution in [0.15, 0.2) is 23.0 Å². The fourth-order valence-electron chi connectivity index (χ4n) is 1.58. The molecular formula is C11H11ClFN3O. The topological polar surface area (TPSA) is 46.9 Å². The van der Waals surface area contributed by atoms with E-state index in [0.717, 1.165) is 0 Å². The Labute approximate surface area is 102 Å². The Bertz CT molecular complexity index is 611. The first-order valence-electron chi connectivity index (χ1n) is 5.13. The van der Waals surface area contributed by atoms with Crippen LogP contribution in [0.5, 0.6) is 0 Å². The Balaban J connectivity index is 2.63. The highest BCUT2D eigenvalue weighted by Crippen LogP contribution is 2.12. The summed E-state index contributed by atoms with van der Waals surface area (Å²) in [6.07, 6.45) is 0. The number of nitrogens with one attached hydrogen (secondary N) is 1. The van der Waals surface area contributed by atoms with Crippen LogP contribution in [0.25, 0.3) is 10.9 Å². The van der Waals surface area contributed by atoms with Crippen molar-refractivity contribution in [2.75, 3.05) is 13.6 Å². The molecule has 0 saturated carbocycles. The zero-order valence-corrected chi connectivity index (χ0v) is 9.96. The van der Waals surface area contributed by atoms with Crippen LogP contribution < -0.4 is 10.9 Å². The van der Waals surface area contributed by atoms with Gasteiger partial charge in [-0.1, -0.05) is 0 Å². The second kappa shape index (κ2) is 4.81. The van der Waals surface area contributed by atoms with Gasteiger partial charge in [-0.3, -0.25) is 9.36 Å². The molecule has 2 aromatic rings. The maximum Gasteiger partial charge on any atom is 0.262 e. The number of aromatic nitrogens is 2. The van der Waals surface area contributed by atoms with Crippen LogP contribution >= 0.6 is 11.6 Å². The number of fused-ring (bicyclic) bond motifs is 1. The number of likely N-dealkylation sites (N-methyl/N-ethyl adjacent to an activating group) is 1. The molecule has 1 aromatic heterocycles. The molecule has 1 N–H and O–H groups in total. The summed E-state index contributed by atoms with van der Waals surface area (Å²) >= 11 is 5.90. The van der Waals surface area contributed by atoms with Crippen molar-refractivity contribution >= 4 is 22.5 Å². The third-order valence-electron chi connectivity index (χ3n) is 2.46. The Hall–Kier alpha value is -1.46. The van der Waals surface area contributed by atoms with E-state index in [1.807, 2.05) is 0 Å². The van der Waals surface area contributed by atoms with Gasteiger partial charge in [0.25, 0.3) is 5.56 Å². The first kappa shape index (κ1) is 12.0. The fraction of sp³-hybridized carbons (Fsp3) is 0.273. The highest BCUT2D eigenvalue weighted by molar-refractivity contribution is 6.28. The molecule has 1 aromatic carbocycles. The molecule has 0 saturated heterocycles. The van der Waals surface area contributed by atoms with Gasteiger partial charge < -0.3 is 5.32 Å². The summed E-state index contributed by atoms with van der Waals surface area (Å²) in [5.74, 6) is -0.437. The maximum absolute atomic E-state index is 13.0. The molecule has 0 aliphatic carbocycles. The Kier molecular flexibility index (Phi) is 3.40. The molecule has 0 aliphatic rings. The SMILES string of the molecule is CNCCn1c(Cl)nc2cc(F)ccc2c1=O. The molecule has 0 fully saturated rings. The van der Waals surface area contributed by atoms with Gasteiger partial charge >= 0.3 is 0 Å². The number of rotatable bonds is 3. The molecule has 17 heavy (non-hydrogen) atoms. The zero-order chi connectivity index (χ0) is 12.4. The summed E-state index contributed by atoms with van der Waals surface area (Å²) in [5.41, 5.74) is 0.0240. The van der Waals surface area contributed by atoms with E-state index in [1.165, 1.54) is 22.8 Å². The lowest BCUT2D eigenvalue weighted by Crippen LogP contribution is -2.27. The predicted octanol–water partition coefficient (Wildman–Crippen LogP) is 1.41. The van der Waals surface area contributed by atoms with Crippen molar-refractivity contribution in [2.24, 2.45) is 0 Å². The van der Waals surface area contributed by atoms with Crippen LogP contribution in [0.4, 0.5) is 4.39 Å². The fourth-order valence-corrected chi connectivity index (χ4v) is 1.84. The molecule has 2 rings (SSSR count). The monoisotopic (exact) mass is 255 g/mol. The summed E-state index contributed by atoms with van der Waals surface area (Å²) in [4.78, 5) is 16.1. The van der Waals surface area contributed by atoms with Gasteiger partial charge in [0.1, 0.15) is 5.82 Å². The minimum absolute atomic E-state index is 0.0725. The summed E-state index contributed by atoms with van der Waals surface area (Å²) in [6.45, 7) is 1.03. The van der Waals surface area contributed by atoms with Gasteiger partial charge in [-0.15, -0.1) is 0 Å². The summed E-state index contributed by atoms with van der Waals surface area (Å²) in [7, 11) is 1.78. The van der Waals surface area contributed by atoms with Crippen molar-refractivity contribution in [1.29, 1.82) is 0 Å². The molecule has 0 bridgehead atoms. The van der Waals surface area contributed by atoms with Crippen molar-refractivity contribution < 1.29 is 4.39 Å². The van der Waals surface area contributed by atoms with Crippen LogP contribution in [0.1, 0.15) is 0 Å². The van der Waals surface area contributed by atoms with Crippen LogP contribution in [0.3, 0.4) is 0 Å². The average Bonchev–Trinajstić information content (AvgIpc) is 2.28. The number of nitrogens with zero attached hydrogens (tertiary/aromatic N) is 2. The van der Waals surface area contributed by atoms with E-state index in [1.54, 1.807) is 7.05 Å². The van der Waals surface area contributed by atoms with Crippen molar-refractivity contribution in [3.63, 3.8) is 0 Å². The van der Waals surface area contributed by atoms with E-state index >= 15 is 0 Å². The second-order valence-corrected chi connectivity index (χ2v) is 3.94. The third-order valence-corrected chi connectivity index (χ3v) is 2.74. The number of hydrogen-bond donors (Lipinski definition) is 1. The Morgan fingerprint density at radius 1 is 1.53 bits per heavy atom. The van der Waals surface area contributed by atoms with Gasteiger partial charge in [-0.05, 0) is 30.8 Å². The summed E-state index contributed by atoms with van der Waals surface area (Å²) < 4.78 is 14.4.